The molecule has 0 saturated heterocycles. The van der Waals surface area contributed by atoms with Crippen molar-refractivity contribution in [2.45, 2.75) is 4.90 Å². The number of rotatable bonds is 5. The quantitative estimate of drug-likeness (QED) is 0.545. The van der Waals surface area contributed by atoms with Crippen molar-refractivity contribution in [3.8, 4) is 0 Å². The summed E-state index contributed by atoms with van der Waals surface area (Å²) in [4.78, 5) is 12.3. The van der Waals surface area contributed by atoms with Gasteiger partial charge in [0.25, 0.3) is 0 Å². The number of anilines is 1. The Morgan fingerprint density at radius 2 is 1.68 bits per heavy atom. The first-order chi connectivity index (χ1) is 11.9. The molecule has 0 aliphatic carbocycles. The highest BCUT2D eigenvalue weighted by Crippen LogP contribution is 2.17. The molecule has 0 bridgehead atoms. The Bertz CT molecular complexity index is 1070. The van der Waals surface area contributed by atoms with E-state index in [0.29, 0.717) is 11.3 Å². The molecule has 0 saturated carbocycles. The molecule has 0 unspecified atom stereocenters. The van der Waals surface area contributed by atoms with Crippen LogP contribution in [0.4, 0.5) is 5.69 Å². The first-order valence-electron chi connectivity index (χ1n) is 7.52. The Hall–Kier alpha value is -2.96. The summed E-state index contributed by atoms with van der Waals surface area (Å²) in [5.41, 5.74) is 1.10. The summed E-state index contributed by atoms with van der Waals surface area (Å²) in [7, 11) is -3.76. The number of sulfonamides is 1. The third kappa shape index (κ3) is 4.12. The number of benzene rings is 3. The van der Waals surface area contributed by atoms with Gasteiger partial charge in [-0.3, -0.25) is 4.79 Å². The van der Waals surface area contributed by atoms with Crippen LogP contribution in [0.1, 0.15) is 10.4 Å². The summed E-state index contributed by atoms with van der Waals surface area (Å²) in [5.74, 6) is -0.152. The number of primary sulfonamides is 1. The molecule has 3 N–H and O–H groups in total. The van der Waals surface area contributed by atoms with Gasteiger partial charge in [0, 0.05) is 23.5 Å². The van der Waals surface area contributed by atoms with E-state index in [1.165, 1.54) is 24.4 Å². The van der Waals surface area contributed by atoms with E-state index in [2.05, 4.69) is 5.32 Å². The maximum Gasteiger partial charge on any atom is 0.238 e. The molecule has 3 aromatic carbocycles. The third-order valence-corrected chi connectivity index (χ3v) is 4.59. The lowest BCUT2D eigenvalue weighted by molar-refractivity contribution is 0.104. The van der Waals surface area contributed by atoms with Crippen LogP contribution >= 0.6 is 0 Å². The summed E-state index contributed by atoms with van der Waals surface area (Å²) in [6, 6.07) is 19.4. The number of carbonyl (C=O) groups is 1. The molecule has 0 aliphatic heterocycles. The van der Waals surface area contributed by atoms with Gasteiger partial charge in [-0.25, -0.2) is 13.6 Å². The van der Waals surface area contributed by atoms with Gasteiger partial charge in [-0.15, -0.1) is 0 Å². The van der Waals surface area contributed by atoms with Crippen molar-refractivity contribution < 1.29 is 13.2 Å². The van der Waals surface area contributed by atoms with Crippen LogP contribution in [0.5, 0.6) is 0 Å². The Labute approximate surface area is 145 Å². The van der Waals surface area contributed by atoms with E-state index in [4.69, 9.17) is 5.14 Å². The van der Waals surface area contributed by atoms with E-state index in [9.17, 15) is 13.2 Å². The van der Waals surface area contributed by atoms with Crippen LogP contribution in [-0.4, -0.2) is 14.2 Å². The Kier molecular flexibility index (Phi) is 4.65. The smallest absolute Gasteiger partial charge is 0.238 e. The van der Waals surface area contributed by atoms with Crippen LogP contribution in [0.25, 0.3) is 10.8 Å². The highest BCUT2D eigenvalue weighted by Gasteiger charge is 2.07. The zero-order valence-corrected chi connectivity index (χ0v) is 14.0. The molecular weight excluding hydrogens is 336 g/mol. The van der Waals surface area contributed by atoms with Crippen molar-refractivity contribution in [1.29, 1.82) is 0 Å². The Balaban J connectivity index is 1.74. The maximum absolute atomic E-state index is 12.3. The molecule has 0 aliphatic rings. The van der Waals surface area contributed by atoms with Crippen LogP contribution in [-0.2, 0) is 10.0 Å². The van der Waals surface area contributed by atoms with Crippen LogP contribution < -0.4 is 10.5 Å². The molecule has 0 atom stereocenters. The number of nitrogens with two attached hydrogens (primary N) is 1. The first-order valence-corrected chi connectivity index (χ1v) is 9.07. The molecule has 6 heteroatoms. The average molecular weight is 352 g/mol. The lowest BCUT2D eigenvalue weighted by Crippen LogP contribution is -2.12. The molecule has 25 heavy (non-hydrogen) atoms. The highest BCUT2D eigenvalue weighted by molar-refractivity contribution is 7.89. The van der Waals surface area contributed by atoms with Gasteiger partial charge in [-0.05, 0) is 35.0 Å². The monoisotopic (exact) mass is 352 g/mol. The lowest BCUT2D eigenvalue weighted by Gasteiger charge is -2.03. The normalized spacial score (nSPS) is 11.7. The highest BCUT2D eigenvalue weighted by atomic mass is 32.2. The van der Waals surface area contributed by atoms with Gasteiger partial charge < -0.3 is 5.32 Å². The van der Waals surface area contributed by atoms with Gasteiger partial charge in [0.1, 0.15) is 0 Å². The second-order valence-electron chi connectivity index (χ2n) is 5.48. The van der Waals surface area contributed by atoms with E-state index in [0.717, 1.165) is 10.8 Å². The second-order valence-corrected chi connectivity index (χ2v) is 7.04. The minimum absolute atomic E-state index is 0.00626. The third-order valence-electron chi connectivity index (χ3n) is 3.68. The predicted octanol–water partition coefficient (Wildman–Crippen LogP) is 3.30. The molecule has 0 radical (unpaired) electrons. The van der Waals surface area contributed by atoms with Crippen LogP contribution in [0.3, 0.4) is 0 Å². The number of hydrogen-bond donors (Lipinski definition) is 2. The Morgan fingerprint density at radius 3 is 2.44 bits per heavy atom. The SMILES string of the molecule is NS(=O)(=O)c1cccc(N/C=C/C(=O)c2ccc3ccccc3c2)c1. The average Bonchev–Trinajstić information content (AvgIpc) is 2.61. The molecule has 3 aromatic rings. The molecule has 0 amide bonds. The van der Waals surface area contributed by atoms with Gasteiger partial charge in [-0.2, -0.15) is 0 Å². The number of allylic oxidation sites excluding steroid dienone is 1. The van der Waals surface area contributed by atoms with Crippen molar-refractivity contribution in [3.05, 3.63) is 84.6 Å². The Morgan fingerprint density at radius 1 is 0.920 bits per heavy atom. The number of carbonyl (C=O) groups excluding carboxylic acids is 1. The minimum atomic E-state index is -3.76. The van der Waals surface area contributed by atoms with Crippen molar-refractivity contribution >= 4 is 32.3 Å². The van der Waals surface area contributed by atoms with Crippen molar-refractivity contribution in [2.75, 3.05) is 5.32 Å². The van der Waals surface area contributed by atoms with Crippen LogP contribution in [0, 0.1) is 0 Å². The number of fused-ring (bicyclic) bond motifs is 1. The second kappa shape index (κ2) is 6.88. The molecule has 0 heterocycles. The summed E-state index contributed by atoms with van der Waals surface area (Å²) in [6.07, 6.45) is 2.87. The predicted molar refractivity (Wildman–Crippen MR) is 98.9 cm³/mol. The largest absolute Gasteiger partial charge is 0.362 e. The topological polar surface area (TPSA) is 89.3 Å². The van der Waals surface area contributed by atoms with E-state index >= 15 is 0 Å². The van der Waals surface area contributed by atoms with E-state index in [1.807, 2.05) is 36.4 Å². The summed E-state index contributed by atoms with van der Waals surface area (Å²) < 4.78 is 22.7. The van der Waals surface area contributed by atoms with Crippen molar-refractivity contribution in [1.82, 2.24) is 0 Å². The number of ketones is 1. The molecule has 5 nitrogen and oxygen atoms in total. The molecular formula is C19H16N2O3S. The minimum Gasteiger partial charge on any atom is -0.362 e. The van der Waals surface area contributed by atoms with Gasteiger partial charge in [0.05, 0.1) is 4.90 Å². The fraction of sp³-hybridized carbons (Fsp3) is 0. The van der Waals surface area contributed by atoms with Crippen molar-refractivity contribution in [3.63, 3.8) is 0 Å². The summed E-state index contributed by atoms with van der Waals surface area (Å²) in [5, 5.41) is 10.0. The lowest BCUT2D eigenvalue weighted by atomic mass is 10.0. The van der Waals surface area contributed by atoms with E-state index in [1.54, 1.807) is 18.2 Å². The first kappa shape index (κ1) is 16.9. The van der Waals surface area contributed by atoms with Crippen LogP contribution in [0.15, 0.2) is 83.9 Å². The number of nitrogens with one attached hydrogen (secondary N) is 1. The van der Waals surface area contributed by atoms with Crippen LogP contribution in [0.2, 0.25) is 0 Å². The fourth-order valence-corrected chi connectivity index (χ4v) is 2.97. The molecule has 0 fully saturated rings. The zero-order chi connectivity index (χ0) is 17.9. The van der Waals surface area contributed by atoms with Gasteiger partial charge in [0.2, 0.25) is 10.0 Å². The number of hydrogen-bond acceptors (Lipinski definition) is 4. The van der Waals surface area contributed by atoms with Crippen molar-refractivity contribution in [2.24, 2.45) is 5.14 Å². The van der Waals surface area contributed by atoms with Gasteiger partial charge in [0.15, 0.2) is 5.78 Å². The summed E-state index contributed by atoms with van der Waals surface area (Å²) >= 11 is 0. The van der Waals surface area contributed by atoms with E-state index in [-0.39, 0.29) is 10.7 Å². The van der Waals surface area contributed by atoms with E-state index < -0.39 is 10.0 Å². The summed E-state index contributed by atoms with van der Waals surface area (Å²) in [6.45, 7) is 0. The molecule has 126 valence electrons. The molecule has 0 spiro atoms. The van der Waals surface area contributed by atoms with Gasteiger partial charge in [-0.1, -0.05) is 42.5 Å². The fourth-order valence-electron chi connectivity index (χ4n) is 2.42. The molecule has 0 aromatic heterocycles. The maximum atomic E-state index is 12.3. The standard InChI is InChI=1S/C19H16N2O3S/c20-25(23,24)18-7-3-6-17(13-18)21-11-10-19(22)16-9-8-14-4-1-2-5-15(14)12-16/h1-13,21H,(H2,20,23,24)/b11-10+. The van der Waals surface area contributed by atoms with Gasteiger partial charge >= 0.3 is 0 Å². The zero-order valence-electron chi connectivity index (χ0n) is 13.2. The molecule has 3 rings (SSSR count).